The quantitative estimate of drug-likeness (QED) is 0.307. The molecule has 0 radical (unpaired) electrons. The van der Waals surface area contributed by atoms with Crippen molar-refractivity contribution in [3.63, 3.8) is 0 Å². The SMILES string of the molecule is CCOc1ccc(S(=O)(=O)N(CC(=O)N(Cc2ccccc2F)[C@H](C)C(=O)N[C@H](C)CC)c2ccc(F)cc2)cc1. The lowest BCUT2D eigenvalue weighted by Crippen LogP contribution is -2.52. The van der Waals surface area contributed by atoms with Gasteiger partial charge in [-0.05, 0) is 81.8 Å². The second-order valence-corrected chi connectivity index (χ2v) is 11.4. The number of rotatable bonds is 13. The number of ether oxygens (including phenoxy) is 1. The average Bonchev–Trinajstić information content (AvgIpc) is 2.96. The second-order valence-electron chi connectivity index (χ2n) is 9.50. The molecule has 0 spiro atoms. The van der Waals surface area contributed by atoms with Gasteiger partial charge < -0.3 is 15.0 Å². The fraction of sp³-hybridized carbons (Fsp3) is 0.333. The van der Waals surface area contributed by atoms with Crippen LogP contribution in [0.2, 0.25) is 0 Å². The first-order valence-corrected chi connectivity index (χ1v) is 14.8. The highest BCUT2D eigenvalue weighted by Crippen LogP contribution is 2.26. The number of hydrogen-bond donors (Lipinski definition) is 1. The highest BCUT2D eigenvalue weighted by Gasteiger charge is 2.33. The first-order chi connectivity index (χ1) is 19.5. The number of amides is 2. The van der Waals surface area contributed by atoms with Gasteiger partial charge in [0.05, 0.1) is 17.2 Å². The van der Waals surface area contributed by atoms with E-state index in [1.54, 1.807) is 13.0 Å². The van der Waals surface area contributed by atoms with E-state index in [4.69, 9.17) is 4.74 Å². The number of hydrogen-bond acceptors (Lipinski definition) is 5. The molecule has 0 heterocycles. The normalized spacial score (nSPS) is 12.7. The molecule has 0 saturated heterocycles. The summed E-state index contributed by atoms with van der Waals surface area (Å²) in [4.78, 5) is 27.9. The van der Waals surface area contributed by atoms with Crippen LogP contribution in [0.15, 0.2) is 77.7 Å². The topological polar surface area (TPSA) is 96.0 Å². The number of nitrogens with zero attached hydrogens (tertiary/aromatic N) is 2. The first kappa shape index (κ1) is 31.5. The number of benzene rings is 3. The molecule has 2 atom stereocenters. The zero-order chi connectivity index (χ0) is 30.2. The van der Waals surface area contributed by atoms with Gasteiger partial charge in [0.25, 0.3) is 10.0 Å². The third-order valence-corrected chi connectivity index (χ3v) is 8.37. The van der Waals surface area contributed by atoms with Gasteiger partial charge in [-0.1, -0.05) is 25.1 Å². The number of anilines is 1. The minimum Gasteiger partial charge on any atom is -0.494 e. The van der Waals surface area contributed by atoms with E-state index in [0.29, 0.717) is 18.8 Å². The largest absolute Gasteiger partial charge is 0.494 e. The van der Waals surface area contributed by atoms with Gasteiger partial charge in [-0.25, -0.2) is 17.2 Å². The van der Waals surface area contributed by atoms with Crippen molar-refractivity contribution in [3.05, 3.63) is 90.0 Å². The number of halogens is 2. The Morgan fingerprint density at radius 2 is 1.56 bits per heavy atom. The van der Waals surface area contributed by atoms with E-state index < -0.39 is 46.1 Å². The van der Waals surface area contributed by atoms with Crippen molar-refractivity contribution in [2.24, 2.45) is 0 Å². The van der Waals surface area contributed by atoms with E-state index in [9.17, 15) is 26.8 Å². The van der Waals surface area contributed by atoms with Crippen LogP contribution in [0.3, 0.4) is 0 Å². The van der Waals surface area contributed by atoms with Crippen molar-refractivity contribution in [1.82, 2.24) is 10.2 Å². The van der Waals surface area contributed by atoms with Gasteiger partial charge in [-0.3, -0.25) is 13.9 Å². The monoisotopic (exact) mass is 587 g/mol. The zero-order valence-corrected chi connectivity index (χ0v) is 24.3. The summed E-state index contributed by atoms with van der Waals surface area (Å²) in [6.45, 7) is 6.39. The molecular weight excluding hydrogens is 552 g/mol. The minimum atomic E-state index is -4.34. The summed E-state index contributed by atoms with van der Waals surface area (Å²) in [6.07, 6.45) is 0.651. The van der Waals surface area contributed by atoms with Crippen LogP contribution in [-0.2, 0) is 26.2 Å². The molecule has 41 heavy (non-hydrogen) atoms. The predicted octanol–water partition coefficient (Wildman–Crippen LogP) is 4.89. The summed E-state index contributed by atoms with van der Waals surface area (Å²) in [6, 6.07) is 14.9. The lowest BCUT2D eigenvalue weighted by molar-refractivity contribution is -0.139. The molecule has 0 aliphatic carbocycles. The lowest BCUT2D eigenvalue weighted by Gasteiger charge is -2.32. The van der Waals surface area contributed by atoms with Crippen LogP contribution in [0.25, 0.3) is 0 Å². The third-order valence-electron chi connectivity index (χ3n) is 6.58. The molecular formula is C30H35F2N3O5S. The van der Waals surface area contributed by atoms with Crippen LogP contribution in [-0.4, -0.2) is 50.4 Å². The van der Waals surface area contributed by atoms with E-state index in [0.717, 1.165) is 21.3 Å². The van der Waals surface area contributed by atoms with Crippen molar-refractivity contribution in [2.45, 2.75) is 57.6 Å². The Morgan fingerprint density at radius 3 is 2.15 bits per heavy atom. The Kier molecular flexibility index (Phi) is 10.8. The minimum absolute atomic E-state index is 0.0381. The van der Waals surface area contributed by atoms with E-state index in [-0.39, 0.29) is 28.7 Å². The Labute approximate surface area is 240 Å². The highest BCUT2D eigenvalue weighted by molar-refractivity contribution is 7.92. The van der Waals surface area contributed by atoms with Gasteiger partial charge in [-0.15, -0.1) is 0 Å². The molecule has 0 fully saturated rings. The van der Waals surface area contributed by atoms with Crippen molar-refractivity contribution >= 4 is 27.5 Å². The number of carbonyl (C=O) groups is 2. The molecule has 8 nitrogen and oxygen atoms in total. The third kappa shape index (κ3) is 8.03. The van der Waals surface area contributed by atoms with Crippen molar-refractivity contribution in [2.75, 3.05) is 17.5 Å². The highest BCUT2D eigenvalue weighted by atomic mass is 32.2. The molecule has 3 rings (SSSR count). The maximum atomic E-state index is 14.6. The van der Waals surface area contributed by atoms with Gasteiger partial charge in [0.2, 0.25) is 11.8 Å². The van der Waals surface area contributed by atoms with Crippen LogP contribution < -0.4 is 14.4 Å². The van der Waals surface area contributed by atoms with Crippen LogP contribution in [0, 0.1) is 11.6 Å². The van der Waals surface area contributed by atoms with Crippen LogP contribution in [0.4, 0.5) is 14.5 Å². The molecule has 0 bridgehead atoms. The average molecular weight is 588 g/mol. The Morgan fingerprint density at radius 1 is 0.927 bits per heavy atom. The molecule has 0 saturated carbocycles. The Bertz CT molecular complexity index is 1430. The maximum Gasteiger partial charge on any atom is 0.264 e. The molecule has 1 N–H and O–H groups in total. The summed E-state index contributed by atoms with van der Waals surface area (Å²) < 4.78 is 62.3. The molecule has 11 heteroatoms. The lowest BCUT2D eigenvalue weighted by atomic mass is 10.1. The molecule has 0 unspecified atom stereocenters. The summed E-state index contributed by atoms with van der Waals surface area (Å²) in [5, 5.41) is 2.82. The summed E-state index contributed by atoms with van der Waals surface area (Å²) in [5.41, 5.74) is 0.197. The molecule has 0 aliphatic heterocycles. The molecule has 220 valence electrons. The number of sulfonamides is 1. The standard InChI is InChI=1S/C30H35F2N3O5S/c1-5-21(3)33-30(37)22(4)34(19-23-9-7-8-10-28(23)32)29(36)20-35(25-13-11-24(31)12-14-25)41(38,39)27-17-15-26(16-18-27)40-6-2/h7-18,21-22H,5-6,19-20H2,1-4H3,(H,33,37)/t21-,22-/m1/s1. The number of nitrogens with one attached hydrogen (secondary N) is 1. The first-order valence-electron chi connectivity index (χ1n) is 13.3. The summed E-state index contributed by atoms with van der Waals surface area (Å²) >= 11 is 0. The van der Waals surface area contributed by atoms with Crippen molar-refractivity contribution < 1.29 is 31.5 Å². The van der Waals surface area contributed by atoms with Gasteiger partial charge >= 0.3 is 0 Å². The molecule has 3 aromatic rings. The van der Waals surface area contributed by atoms with Crippen molar-refractivity contribution in [1.29, 1.82) is 0 Å². The smallest absolute Gasteiger partial charge is 0.264 e. The van der Waals surface area contributed by atoms with E-state index >= 15 is 0 Å². The van der Waals surface area contributed by atoms with Gasteiger partial charge in [0, 0.05) is 18.2 Å². The molecule has 0 aliphatic rings. The summed E-state index contributed by atoms with van der Waals surface area (Å²) in [5.74, 6) is -1.91. The summed E-state index contributed by atoms with van der Waals surface area (Å²) in [7, 11) is -4.34. The van der Waals surface area contributed by atoms with Gasteiger partial charge in [0.1, 0.15) is 30.0 Å². The Balaban J connectivity index is 2.02. The van der Waals surface area contributed by atoms with Crippen LogP contribution in [0.5, 0.6) is 5.75 Å². The maximum absolute atomic E-state index is 14.6. The molecule has 0 aromatic heterocycles. The number of carbonyl (C=O) groups excluding carboxylic acids is 2. The molecule has 3 aromatic carbocycles. The zero-order valence-electron chi connectivity index (χ0n) is 23.5. The molecule has 2 amide bonds. The van der Waals surface area contributed by atoms with E-state index in [2.05, 4.69) is 5.32 Å². The van der Waals surface area contributed by atoms with E-state index in [1.165, 1.54) is 61.5 Å². The van der Waals surface area contributed by atoms with Crippen LogP contribution >= 0.6 is 0 Å². The fourth-order valence-corrected chi connectivity index (χ4v) is 5.41. The van der Waals surface area contributed by atoms with Crippen LogP contribution in [0.1, 0.15) is 39.7 Å². The second kappa shape index (κ2) is 14.1. The van der Waals surface area contributed by atoms with Crippen molar-refractivity contribution in [3.8, 4) is 5.75 Å². The fourth-order valence-electron chi connectivity index (χ4n) is 4.00. The Hall–Kier alpha value is -3.99. The predicted molar refractivity (Wildman–Crippen MR) is 153 cm³/mol. The van der Waals surface area contributed by atoms with Gasteiger partial charge in [0.15, 0.2) is 0 Å². The van der Waals surface area contributed by atoms with E-state index in [1.807, 2.05) is 13.8 Å². The van der Waals surface area contributed by atoms with Gasteiger partial charge in [-0.2, -0.15) is 0 Å².